The van der Waals surface area contributed by atoms with Crippen molar-refractivity contribution in [1.82, 2.24) is 25.8 Å². The van der Waals surface area contributed by atoms with E-state index in [9.17, 15) is 13.2 Å². The summed E-state index contributed by atoms with van der Waals surface area (Å²) in [6.45, 7) is 11.9. The number of hydrogen-bond acceptors (Lipinski definition) is 8. The third kappa shape index (κ3) is 17.4. The van der Waals surface area contributed by atoms with E-state index < -0.39 is 0 Å². The first-order chi connectivity index (χ1) is 21.4. The van der Waals surface area contributed by atoms with Gasteiger partial charge in [-0.15, -0.1) is 0 Å². The van der Waals surface area contributed by atoms with Gasteiger partial charge in [-0.25, -0.2) is 13.2 Å². The normalized spacial score (nSPS) is 11.2. The molecule has 0 fully saturated rings. The van der Waals surface area contributed by atoms with Gasteiger partial charge in [0.25, 0.3) is 0 Å². The molecule has 0 aliphatic heterocycles. The third-order valence-electron chi connectivity index (χ3n) is 6.88. The average Bonchev–Trinajstić information content (AvgIpc) is 3.02. The maximum atomic E-state index is 13.1. The van der Waals surface area contributed by atoms with E-state index in [1.807, 2.05) is 0 Å². The van der Waals surface area contributed by atoms with Gasteiger partial charge in [0, 0.05) is 98.2 Å². The first-order valence-corrected chi connectivity index (χ1v) is 15.3. The van der Waals surface area contributed by atoms with Crippen molar-refractivity contribution in [2.24, 2.45) is 17.2 Å². The fraction of sp³-hybridized carbons (Fsp3) is 0.455. The highest BCUT2D eigenvalue weighted by Crippen LogP contribution is 2.04. The van der Waals surface area contributed by atoms with Crippen LogP contribution < -0.4 is 33.2 Å². The molecule has 3 aromatic rings. The van der Waals surface area contributed by atoms with E-state index in [1.54, 1.807) is 36.4 Å². The Morgan fingerprint density at radius 2 is 0.659 bits per heavy atom. The van der Waals surface area contributed by atoms with Crippen molar-refractivity contribution in [2.75, 3.05) is 78.5 Å². The van der Waals surface area contributed by atoms with Crippen molar-refractivity contribution < 1.29 is 13.2 Å². The first-order valence-electron chi connectivity index (χ1n) is 15.3. The topological polar surface area (TPSA) is 121 Å². The highest BCUT2D eigenvalue weighted by atomic mass is 19.1. The number of nitrogens with one attached hydrogen (secondary N) is 3. The van der Waals surface area contributed by atoms with Gasteiger partial charge in [0.05, 0.1) is 0 Å². The molecule has 0 unspecified atom stereocenters. The van der Waals surface area contributed by atoms with Crippen LogP contribution in [0.5, 0.6) is 0 Å². The van der Waals surface area contributed by atoms with E-state index in [2.05, 4.69) is 25.8 Å². The van der Waals surface area contributed by atoms with E-state index in [1.165, 1.54) is 36.4 Å². The maximum absolute atomic E-state index is 13.1. The van der Waals surface area contributed by atoms with Gasteiger partial charge in [-0.1, -0.05) is 36.4 Å². The second-order valence-corrected chi connectivity index (χ2v) is 10.5. The second-order valence-electron chi connectivity index (χ2n) is 10.5. The lowest BCUT2D eigenvalue weighted by Gasteiger charge is -2.23. The van der Waals surface area contributed by atoms with Gasteiger partial charge in [0.2, 0.25) is 0 Å². The Morgan fingerprint density at radius 1 is 0.409 bits per heavy atom. The molecule has 0 saturated heterocycles. The van der Waals surface area contributed by atoms with Crippen molar-refractivity contribution >= 4 is 0 Å². The summed E-state index contributed by atoms with van der Waals surface area (Å²) in [5, 5.41) is 10.3. The van der Waals surface area contributed by atoms with E-state index in [0.717, 1.165) is 75.6 Å². The third-order valence-corrected chi connectivity index (χ3v) is 6.88. The standard InChI is InChI=1S/C27H33F3N4.C6H18N4/c28-25-7-1-22(2-8-25)19-31-13-16-34(17-14-32-20-23-3-9-26(29)10-4-23)18-15-33-21-24-5-11-27(30)12-6-24;7-1-4-10(5-2-8)6-3-9/h1-12,31-33H,13-21H2;1-9H2. The molecule has 0 amide bonds. The van der Waals surface area contributed by atoms with Crippen LogP contribution in [0.1, 0.15) is 16.7 Å². The number of benzene rings is 3. The van der Waals surface area contributed by atoms with Crippen molar-refractivity contribution in [2.45, 2.75) is 19.6 Å². The molecule has 3 rings (SSSR count). The van der Waals surface area contributed by atoms with Gasteiger partial charge in [-0.3, -0.25) is 9.80 Å². The van der Waals surface area contributed by atoms with E-state index in [4.69, 9.17) is 17.2 Å². The lowest BCUT2D eigenvalue weighted by atomic mass is 10.2. The minimum Gasteiger partial charge on any atom is -0.329 e. The van der Waals surface area contributed by atoms with Gasteiger partial charge >= 0.3 is 0 Å². The van der Waals surface area contributed by atoms with Crippen LogP contribution in [0, 0.1) is 17.5 Å². The summed E-state index contributed by atoms with van der Waals surface area (Å²) < 4.78 is 39.2. The molecule has 11 heteroatoms. The summed E-state index contributed by atoms with van der Waals surface area (Å²) in [7, 11) is 0. The van der Waals surface area contributed by atoms with Crippen LogP contribution in [-0.2, 0) is 19.6 Å². The fourth-order valence-corrected chi connectivity index (χ4v) is 4.44. The van der Waals surface area contributed by atoms with E-state index in [-0.39, 0.29) is 17.5 Å². The van der Waals surface area contributed by atoms with Crippen LogP contribution >= 0.6 is 0 Å². The van der Waals surface area contributed by atoms with Gasteiger partial charge in [-0.2, -0.15) is 0 Å². The Labute approximate surface area is 261 Å². The van der Waals surface area contributed by atoms with Crippen molar-refractivity contribution in [3.63, 3.8) is 0 Å². The fourth-order valence-electron chi connectivity index (χ4n) is 4.44. The van der Waals surface area contributed by atoms with Crippen molar-refractivity contribution in [1.29, 1.82) is 0 Å². The largest absolute Gasteiger partial charge is 0.329 e. The molecule has 0 aromatic heterocycles. The SMILES string of the molecule is Fc1ccc(CNCCN(CCNCc2ccc(F)cc2)CCNCc2ccc(F)cc2)cc1.NCCN(CCN)CCN. The highest BCUT2D eigenvalue weighted by molar-refractivity contribution is 5.17. The predicted octanol–water partition coefficient (Wildman–Crippen LogP) is 2.24. The minimum atomic E-state index is -0.226. The average molecular weight is 617 g/mol. The molecule has 0 radical (unpaired) electrons. The molecular weight excluding hydrogens is 565 g/mol. The number of rotatable bonds is 21. The van der Waals surface area contributed by atoms with Crippen molar-refractivity contribution in [3.05, 3.63) is 107 Å². The molecule has 0 aliphatic carbocycles. The lowest BCUT2D eigenvalue weighted by Crippen LogP contribution is -2.40. The Balaban J connectivity index is 0.000000580. The molecule has 0 heterocycles. The monoisotopic (exact) mass is 616 g/mol. The number of halogens is 3. The molecule has 244 valence electrons. The second kappa shape index (κ2) is 23.5. The minimum absolute atomic E-state index is 0.226. The smallest absolute Gasteiger partial charge is 0.123 e. The summed E-state index contributed by atoms with van der Waals surface area (Å²) in [6.07, 6.45) is 0. The molecule has 0 spiro atoms. The molecule has 8 nitrogen and oxygen atoms in total. The Morgan fingerprint density at radius 3 is 0.909 bits per heavy atom. The Hall–Kier alpha value is -2.87. The number of nitrogens with two attached hydrogens (primary N) is 3. The quantitative estimate of drug-likeness (QED) is 0.101. The van der Waals surface area contributed by atoms with E-state index >= 15 is 0 Å². The molecule has 9 N–H and O–H groups in total. The van der Waals surface area contributed by atoms with Gasteiger partial charge in [-0.05, 0) is 53.1 Å². The summed E-state index contributed by atoms with van der Waals surface area (Å²) >= 11 is 0. The summed E-state index contributed by atoms with van der Waals surface area (Å²) in [5.41, 5.74) is 19.3. The maximum Gasteiger partial charge on any atom is 0.123 e. The van der Waals surface area contributed by atoms with Crippen LogP contribution in [0.15, 0.2) is 72.8 Å². The Kier molecular flexibility index (Phi) is 19.9. The van der Waals surface area contributed by atoms with Crippen LogP contribution in [0.4, 0.5) is 13.2 Å². The molecular formula is C33H51F3N8. The predicted molar refractivity (Wildman–Crippen MR) is 174 cm³/mol. The zero-order valence-electron chi connectivity index (χ0n) is 25.8. The molecule has 0 aliphatic rings. The molecule has 44 heavy (non-hydrogen) atoms. The first kappa shape index (κ1) is 37.3. The summed E-state index contributed by atoms with van der Waals surface area (Å²) in [5.74, 6) is -0.677. The zero-order valence-corrected chi connectivity index (χ0v) is 25.8. The van der Waals surface area contributed by atoms with Crippen LogP contribution in [0.25, 0.3) is 0 Å². The van der Waals surface area contributed by atoms with Gasteiger partial charge < -0.3 is 33.2 Å². The van der Waals surface area contributed by atoms with Crippen LogP contribution in [-0.4, -0.2) is 88.3 Å². The van der Waals surface area contributed by atoms with Gasteiger partial charge in [0.1, 0.15) is 17.5 Å². The van der Waals surface area contributed by atoms with Crippen LogP contribution in [0.2, 0.25) is 0 Å². The molecule has 0 atom stereocenters. The van der Waals surface area contributed by atoms with Gasteiger partial charge in [0.15, 0.2) is 0 Å². The molecule has 3 aromatic carbocycles. The molecule has 0 saturated carbocycles. The number of hydrogen-bond donors (Lipinski definition) is 6. The number of nitrogens with zero attached hydrogens (tertiary/aromatic N) is 2. The molecule has 0 bridgehead atoms. The van der Waals surface area contributed by atoms with Crippen molar-refractivity contribution in [3.8, 4) is 0 Å². The highest BCUT2D eigenvalue weighted by Gasteiger charge is 2.06. The van der Waals surface area contributed by atoms with Crippen LogP contribution in [0.3, 0.4) is 0 Å². The zero-order chi connectivity index (χ0) is 31.8. The lowest BCUT2D eigenvalue weighted by molar-refractivity contribution is 0.271. The Bertz CT molecular complexity index is 960. The summed E-state index contributed by atoms with van der Waals surface area (Å²) in [6, 6.07) is 19.6. The summed E-state index contributed by atoms with van der Waals surface area (Å²) in [4.78, 5) is 4.53. The van der Waals surface area contributed by atoms with E-state index in [0.29, 0.717) is 39.3 Å².